The number of pyridine rings is 2. The maximum Gasteiger partial charge on any atom is 0.326 e. The van der Waals surface area contributed by atoms with Crippen molar-refractivity contribution < 1.29 is 4.79 Å². The molecule has 0 aliphatic carbocycles. The predicted molar refractivity (Wildman–Crippen MR) is 129 cm³/mol. The first-order chi connectivity index (χ1) is 16.2. The van der Waals surface area contributed by atoms with E-state index >= 15 is 0 Å². The van der Waals surface area contributed by atoms with Crippen LogP contribution in [0, 0.1) is 0 Å². The first kappa shape index (κ1) is 20.8. The van der Waals surface area contributed by atoms with E-state index in [0.717, 1.165) is 48.5 Å². The third-order valence-corrected chi connectivity index (χ3v) is 5.98. The Morgan fingerprint density at radius 1 is 0.818 bits per heavy atom. The van der Waals surface area contributed by atoms with E-state index in [9.17, 15) is 4.79 Å². The number of aromatic nitrogens is 5. The van der Waals surface area contributed by atoms with Gasteiger partial charge in [0.2, 0.25) is 5.95 Å². The molecule has 1 aliphatic heterocycles. The molecule has 4 aromatic rings. The van der Waals surface area contributed by atoms with E-state index in [1.165, 1.54) is 11.3 Å². The Balaban J connectivity index is 1.18. The lowest BCUT2D eigenvalue weighted by Gasteiger charge is -2.35. The van der Waals surface area contributed by atoms with Crippen molar-refractivity contribution in [3.8, 4) is 10.6 Å². The van der Waals surface area contributed by atoms with Crippen LogP contribution >= 0.6 is 11.3 Å². The standard InChI is InChI=1S/C22H21N9OS/c32-22(29-18-15-33-20(27-18)16-5-9-23-10-6-16)28-17-3-1-4-19(26-17)30-11-13-31(14-12-30)21-24-7-2-8-25-21/h1-10,15H,11-14H2,(H2,26,28,29,32). The smallest absolute Gasteiger partial charge is 0.326 e. The second-order valence-corrected chi connectivity index (χ2v) is 8.11. The van der Waals surface area contributed by atoms with Gasteiger partial charge in [-0.15, -0.1) is 11.3 Å². The lowest BCUT2D eigenvalue weighted by atomic mass is 10.3. The normalized spacial score (nSPS) is 13.6. The number of anilines is 4. The summed E-state index contributed by atoms with van der Waals surface area (Å²) in [7, 11) is 0. The van der Waals surface area contributed by atoms with Crippen LogP contribution in [-0.2, 0) is 0 Å². The highest BCUT2D eigenvalue weighted by Gasteiger charge is 2.20. The maximum atomic E-state index is 12.5. The Kier molecular flexibility index (Phi) is 6.02. The molecule has 0 aromatic carbocycles. The molecule has 0 unspecified atom stereocenters. The number of rotatable bonds is 5. The number of nitrogens with one attached hydrogen (secondary N) is 2. The van der Waals surface area contributed by atoms with E-state index in [-0.39, 0.29) is 0 Å². The molecular formula is C22H21N9OS. The van der Waals surface area contributed by atoms with Crippen LogP contribution in [0.25, 0.3) is 10.6 Å². The Morgan fingerprint density at radius 2 is 1.55 bits per heavy atom. The van der Waals surface area contributed by atoms with Gasteiger partial charge in [0, 0.05) is 61.9 Å². The quantitative estimate of drug-likeness (QED) is 0.467. The minimum Gasteiger partial charge on any atom is -0.353 e. The molecule has 2 N–H and O–H groups in total. The molecule has 11 heteroatoms. The number of piperazine rings is 1. The molecule has 5 rings (SSSR count). The molecular weight excluding hydrogens is 438 g/mol. The Bertz CT molecular complexity index is 1210. The molecule has 0 atom stereocenters. The van der Waals surface area contributed by atoms with Crippen molar-refractivity contribution in [1.82, 2.24) is 24.9 Å². The van der Waals surface area contributed by atoms with Crippen LogP contribution < -0.4 is 20.4 Å². The summed E-state index contributed by atoms with van der Waals surface area (Å²) >= 11 is 1.45. The molecule has 4 aromatic heterocycles. The van der Waals surface area contributed by atoms with E-state index in [2.05, 4.69) is 45.4 Å². The molecule has 2 amide bonds. The van der Waals surface area contributed by atoms with Crippen LogP contribution in [0.3, 0.4) is 0 Å². The highest BCUT2D eigenvalue weighted by Crippen LogP contribution is 2.25. The zero-order valence-electron chi connectivity index (χ0n) is 17.6. The number of thiazole rings is 1. The summed E-state index contributed by atoms with van der Waals surface area (Å²) in [5.74, 6) is 2.52. The molecule has 0 radical (unpaired) electrons. The number of carbonyl (C=O) groups is 1. The van der Waals surface area contributed by atoms with Crippen molar-refractivity contribution in [2.24, 2.45) is 0 Å². The van der Waals surface area contributed by atoms with Crippen molar-refractivity contribution in [1.29, 1.82) is 0 Å². The second-order valence-electron chi connectivity index (χ2n) is 7.26. The minimum atomic E-state index is -0.391. The molecule has 5 heterocycles. The summed E-state index contributed by atoms with van der Waals surface area (Å²) in [6.45, 7) is 3.18. The van der Waals surface area contributed by atoms with Gasteiger partial charge in [0.25, 0.3) is 0 Å². The molecule has 0 spiro atoms. The van der Waals surface area contributed by atoms with Crippen molar-refractivity contribution in [3.63, 3.8) is 0 Å². The highest BCUT2D eigenvalue weighted by atomic mass is 32.1. The molecule has 166 valence electrons. The van der Waals surface area contributed by atoms with Gasteiger partial charge in [-0.3, -0.25) is 15.6 Å². The van der Waals surface area contributed by atoms with E-state index in [0.29, 0.717) is 11.6 Å². The summed E-state index contributed by atoms with van der Waals surface area (Å²) in [5, 5.41) is 8.17. The van der Waals surface area contributed by atoms with Gasteiger partial charge in [0.15, 0.2) is 0 Å². The van der Waals surface area contributed by atoms with E-state index < -0.39 is 6.03 Å². The fourth-order valence-electron chi connectivity index (χ4n) is 3.48. The van der Waals surface area contributed by atoms with Gasteiger partial charge < -0.3 is 9.80 Å². The third kappa shape index (κ3) is 5.04. The van der Waals surface area contributed by atoms with Gasteiger partial charge in [-0.05, 0) is 30.3 Å². The minimum absolute atomic E-state index is 0.391. The predicted octanol–water partition coefficient (Wildman–Crippen LogP) is 3.36. The summed E-state index contributed by atoms with van der Waals surface area (Å²) in [6, 6.07) is 10.8. The van der Waals surface area contributed by atoms with Crippen molar-refractivity contribution >= 4 is 40.8 Å². The van der Waals surface area contributed by atoms with Crippen molar-refractivity contribution in [3.05, 3.63) is 66.6 Å². The van der Waals surface area contributed by atoms with Crippen LogP contribution in [0.5, 0.6) is 0 Å². The monoisotopic (exact) mass is 459 g/mol. The Hall–Kier alpha value is -4.12. The van der Waals surface area contributed by atoms with Crippen molar-refractivity contribution in [2.75, 3.05) is 46.6 Å². The van der Waals surface area contributed by atoms with Crippen LogP contribution in [0.1, 0.15) is 0 Å². The second kappa shape index (κ2) is 9.57. The average Bonchev–Trinajstić information content (AvgIpc) is 3.34. The van der Waals surface area contributed by atoms with Crippen LogP contribution in [0.4, 0.5) is 28.2 Å². The SMILES string of the molecule is O=C(Nc1cccc(N2CCN(c3ncccn3)CC2)n1)Nc1csc(-c2ccncc2)n1. The van der Waals surface area contributed by atoms with E-state index in [1.807, 2.05) is 30.3 Å². The van der Waals surface area contributed by atoms with Crippen LogP contribution in [0.2, 0.25) is 0 Å². The highest BCUT2D eigenvalue weighted by molar-refractivity contribution is 7.13. The topological polar surface area (TPSA) is 112 Å². The molecule has 1 fully saturated rings. The summed E-state index contributed by atoms with van der Waals surface area (Å²) < 4.78 is 0. The van der Waals surface area contributed by atoms with Gasteiger partial charge in [0.05, 0.1) is 0 Å². The van der Waals surface area contributed by atoms with Crippen molar-refractivity contribution in [2.45, 2.75) is 0 Å². The molecule has 1 saturated heterocycles. The fourth-order valence-corrected chi connectivity index (χ4v) is 4.24. The number of amides is 2. The zero-order valence-corrected chi connectivity index (χ0v) is 18.4. The average molecular weight is 460 g/mol. The van der Waals surface area contributed by atoms with Crippen LogP contribution in [0.15, 0.2) is 66.6 Å². The lowest BCUT2D eigenvalue weighted by molar-refractivity contribution is 0.262. The largest absolute Gasteiger partial charge is 0.353 e. The van der Waals surface area contributed by atoms with Gasteiger partial charge in [-0.2, -0.15) is 0 Å². The molecule has 1 aliphatic rings. The van der Waals surface area contributed by atoms with Gasteiger partial charge in [-0.1, -0.05) is 6.07 Å². The fraction of sp³-hybridized carbons (Fsp3) is 0.182. The summed E-state index contributed by atoms with van der Waals surface area (Å²) in [4.78, 5) is 38.5. The lowest BCUT2D eigenvalue weighted by Crippen LogP contribution is -2.47. The maximum absolute atomic E-state index is 12.5. The van der Waals surface area contributed by atoms with Gasteiger partial charge >= 0.3 is 6.03 Å². The summed E-state index contributed by atoms with van der Waals surface area (Å²) in [5.41, 5.74) is 0.955. The van der Waals surface area contributed by atoms with Gasteiger partial charge in [0.1, 0.15) is 22.5 Å². The number of urea groups is 1. The first-order valence-electron chi connectivity index (χ1n) is 10.4. The van der Waals surface area contributed by atoms with Crippen LogP contribution in [-0.4, -0.2) is 57.1 Å². The Labute approximate surface area is 194 Å². The number of nitrogens with zero attached hydrogens (tertiary/aromatic N) is 7. The zero-order chi connectivity index (χ0) is 22.5. The molecule has 10 nitrogen and oxygen atoms in total. The number of hydrogen-bond donors (Lipinski definition) is 2. The third-order valence-electron chi connectivity index (χ3n) is 5.09. The first-order valence-corrected chi connectivity index (χ1v) is 11.3. The number of hydrogen-bond acceptors (Lipinski definition) is 9. The van der Waals surface area contributed by atoms with E-state index in [1.54, 1.807) is 36.2 Å². The molecule has 0 bridgehead atoms. The summed E-state index contributed by atoms with van der Waals surface area (Å²) in [6.07, 6.45) is 6.93. The van der Waals surface area contributed by atoms with Gasteiger partial charge in [-0.25, -0.2) is 24.7 Å². The number of carbonyl (C=O) groups excluding carboxylic acids is 1. The molecule has 33 heavy (non-hydrogen) atoms. The van der Waals surface area contributed by atoms with E-state index in [4.69, 9.17) is 0 Å². The Morgan fingerprint density at radius 3 is 2.33 bits per heavy atom. The molecule has 0 saturated carbocycles.